The van der Waals surface area contributed by atoms with Gasteiger partial charge in [-0.2, -0.15) is 0 Å². The van der Waals surface area contributed by atoms with Crippen LogP contribution in [-0.4, -0.2) is 37.7 Å². The average Bonchev–Trinajstić information content (AvgIpc) is 2.47. The predicted octanol–water partition coefficient (Wildman–Crippen LogP) is 2.93. The molecule has 1 aliphatic rings. The highest BCUT2D eigenvalue weighted by molar-refractivity contribution is 4.59. The van der Waals surface area contributed by atoms with Crippen LogP contribution in [0.2, 0.25) is 0 Å². The van der Waals surface area contributed by atoms with E-state index >= 15 is 0 Å². The lowest BCUT2D eigenvalue weighted by Gasteiger charge is -2.16. The van der Waals surface area contributed by atoms with E-state index < -0.39 is 0 Å². The van der Waals surface area contributed by atoms with Crippen LogP contribution >= 0.6 is 0 Å². The molecule has 1 heterocycles. The predicted molar refractivity (Wildman–Crippen MR) is 62.7 cm³/mol. The third-order valence-electron chi connectivity index (χ3n) is 2.35. The zero-order valence-corrected chi connectivity index (χ0v) is 10.2. The fourth-order valence-electron chi connectivity index (χ4n) is 1.34. The van der Waals surface area contributed by atoms with Crippen LogP contribution in [0, 0.1) is 0 Å². The molecule has 1 rings (SSSR count). The highest BCUT2D eigenvalue weighted by Crippen LogP contribution is 1.98. The molecule has 0 N–H and O–H groups in total. The molecule has 1 aliphatic heterocycles. The average molecular weight is 201 g/mol. The van der Waals surface area contributed by atoms with Gasteiger partial charge in [0.15, 0.2) is 0 Å². The second-order valence-electron chi connectivity index (χ2n) is 3.81. The molecule has 1 fully saturated rings. The first-order valence-corrected chi connectivity index (χ1v) is 6.15. The second-order valence-corrected chi connectivity index (χ2v) is 3.81. The summed E-state index contributed by atoms with van der Waals surface area (Å²) in [5.74, 6) is 0. The quantitative estimate of drug-likeness (QED) is 0.696. The van der Waals surface area contributed by atoms with Crippen molar-refractivity contribution in [3.63, 3.8) is 0 Å². The van der Waals surface area contributed by atoms with Crippen LogP contribution in [0.4, 0.5) is 0 Å². The van der Waals surface area contributed by atoms with Gasteiger partial charge in [0, 0.05) is 19.7 Å². The van der Waals surface area contributed by atoms with Gasteiger partial charge in [0.25, 0.3) is 0 Å². The first kappa shape index (κ1) is 13.9. The minimum atomic E-state index is 0.931. The highest BCUT2D eigenvalue weighted by atomic mass is 16.5. The van der Waals surface area contributed by atoms with E-state index in [0.717, 1.165) is 19.8 Å². The van der Waals surface area contributed by atoms with Crippen LogP contribution in [0.3, 0.4) is 0 Å². The summed E-state index contributed by atoms with van der Waals surface area (Å²) in [6.07, 6.45) is 5.11. The Kier molecular flexibility index (Phi) is 10.9. The summed E-state index contributed by atoms with van der Waals surface area (Å²) >= 11 is 0. The maximum absolute atomic E-state index is 5.33. The fraction of sp³-hybridized carbons (Fsp3) is 1.00. The molecule has 0 aliphatic carbocycles. The molecule has 0 atom stereocenters. The van der Waals surface area contributed by atoms with E-state index in [1.54, 1.807) is 0 Å². The molecule has 0 bridgehead atoms. The smallest absolute Gasteiger partial charge is 0.0593 e. The Morgan fingerprint density at radius 3 is 2.21 bits per heavy atom. The maximum atomic E-state index is 5.33. The van der Waals surface area contributed by atoms with E-state index in [1.807, 2.05) is 0 Å². The largest absolute Gasteiger partial charge is 0.380 e. The van der Waals surface area contributed by atoms with Crippen molar-refractivity contribution in [1.29, 1.82) is 0 Å². The summed E-state index contributed by atoms with van der Waals surface area (Å²) in [6, 6.07) is 0. The van der Waals surface area contributed by atoms with Crippen molar-refractivity contribution in [3.8, 4) is 0 Å². The molecule has 14 heavy (non-hydrogen) atoms. The number of rotatable bonds is 3. The lowest BCUT2D eigenvalue weighted by atomic mass is 10.3. The molecular formula is C12H27NO. The van der Waals surface area contributed by atoms with Gasteiger partial charge in [-0.3, -0.25) is 0 Å². The third-order valence-corrected chi connectivity index (χ3v) is 2.35. The van der Waals surface area contributed by atoms with Crippen molar-refractivity contribution in [2.24, 2.45) is 0 Å². The Balaban J connectivity index is 0.000000364. The Labute approximate surface area is 89.6 Å². The summed E-state index contributed by atoms with van der Waals surface area (Å²) in [4.78, 5) is 2.48. The van der Waals surface area contributed by atoms with Gasteiger partial charge in [-0.1, -0.05) is 33.6 Å². The van der Waals surface area contributed by atoms with Gasteiger partial charge in [0.1, 0.15) is 0 Å². The van der Waals surface area contributed by atoms with Crippen molar-refractivity contribution in [3.05, 3.63) is 0 Å². The third kappa shape index (κ3) is 8.52. The first-order chi connectivity index (χ1) is 6.85. The number of ether oxygens (including phenoxy) is 1. The number of unbranched alkanes of at least 4 members (excludes halogenated alkanes) is 1. The highest BCUT2D eigenvalue weighted by Gasteiger charge is 2.06. The van der Waals surface area contributed by atoms with E-state index in [2.05, 4.69) is 25.7 Å². The summed E-state index contributed by atoms with van der Waals surface area (Å²) < 4.78 is 5.33. The van der Waals surface area contributed by atoms with Gasteiger partial charge >= 0.3 is 0 Å². The maximum Gasteiger partial charge on any atom is 0.0593 e. The molecule has 0 spiro atoms. The van der Waals surface area contributed by atoms with Crippen molar-refractivity contribution in [2.45, 2.75) is 46.5 Å². The molecule has 0 unspecified atom stereocenters. The van der Waals surface area contributed by atoms with Gasteiger partial charge in [-0.15, -0.1) is 0 Å². The van der Waals surface area contributed by atoms with Crippen LogP contribution in [0.25, 0.3) is 0 Å². The minimum absolute atomic E-state index is 0.931. The van der Waals surface area contributed by atoms with E-state index in [0.29, 0.717) is 0 Å². The molecule has 0 aromatic heterocycles. The van der Waals surface area contributed by atoms with E-state index in [4.69, 9.17) is 4.74 Å². The molecular weight excluding hydrogens is 174 g/mol. The molecule has 1 saturated heterocycles. The zero-order chi connectivity index (χ0) is 10.6. The molecule has 0 aromatic carbocycles. The van der Waals surface area contributed by atoms with Crippen molar-refractivity contribution in [2.75, 3.05) is 32.8 Å². The molecule has 0 amide bonds. The lowest BCUT2D eigenvalue weighted by Crippen LogP contribution is -2.26. The normalized spacial score (nSPS) is 18.2. The summed E-state index contributed by atoms with van der Waals surface area (Å²) in [5.41, 5.74) is 0. The molecule has 0 radical (unpaired) electrons. The lowest BCUT2D eigenvalue weighted by molar-refractivity contribution is 0.141. The zero-order valence-electron chi connectivity index (χ0n) is 10.2. The Morgan fingerprint density at radius 2 is 1.64 bits per heavy atom. The van der Waals surface area contributed by atoms with Crippen LogP contribution in [-0.2, 0) is 4.74 Å². The monoisotopic (exact) mass is 201 g/mol. The summed E-state index contributed by atoms with van der Waals surface area (Å²) in [5, 5.41) is 0. The van der Waals surface area contributed by atoms with Gasteiger partial charge < -0.3 is 9.64 Å². The van der Waals surface area contributed by atoms with Gasteiger partial charge in [-0.05, 0) is 19.4 Å². The standard InChI is InChI=1S/C8H17NO.C4H10/c1-2-4-9-5-3-7-10-8-6-9;1-3-4-2/h2-8H2,1H3;3-4H2,1-2H3. The van der Waals surface area contributed by atoms with E-state index in [9.17, 15) is 0 Å². The molecule has 2 nitrogen and oxygen atoms in total. The Bertz CT molecular complexity index is 96.5. The van der Waals surface area contributed by atoms with Crippen molar-refractivity contribution < 1.29 is 4.74 Å². The molecule has 86 valence electrons. The Hall–Kier alpha value is -0.0800. The fourth-order valence-corrected chi connectivity index (χ4v) is 1.34. The number of nitrogens with zero attached hydrogens (tertiary/aromatic N) is 1. The van der Waals surface area contributed by atoms with Crippen LogP contribution < -0.4 is 0 Å². The van der Waals surface area contributed by atoms with E-state index in [1.165, 1.54) is 38.8 Å². The van der Waals surface area contributed by atoms with Gasteiger partial charge in [0.2, 0.25) is 0 Å². The molecule has 2 heteroatoms. The SMILES string of the molecule is CCCC.CCCN1CCCOCC1. The molecule has 0 aromatic rings. The summed E-state index contributed by atoms with van der Waals surface area (Å²) in [6.45, 7) is 12.1. The van der Waals surface area contributed by atoms with Crippen LogP contribution in [0.5, 0.6) is 0 Å². The van der Waals surface area contributed by atoms with Crippen molar-refractivity contribution in [1.82, 2.24) is 4.90 Å². The molecule has 0 saturated carbocycles. The van der Waals surface area contributed by atoms with Crippen molar-refractivity contribution >= 4 is 0 Å². The van der Waals surface area contributed by atoms with Crippen LogP contribution in [0.1, 0.15) is 46.5 Å². The topological polar surface area (TPSA) is 12.5 Å². The van der Waals surface area contributed by atoms with Gasteiger partial charge in [0.05, 0.1) is 6.61 Å². The van der Waals surface area contributed by atoms with Crippen LogP contribution in [0.15, 0.2) is 0 Å². The number of hydrogen-bond acceptors (Lipinski definition) is 2. The second kappa shape index (κ2) is 11.0. The Morgan fingerprint density at radius 1 is 0.929 bits per heavy atom. The van der Waals surface area contributed by atoms with E-state index in [-0.39, 0.29) is 0 Å². The number of hydrogen-bond donors (Lipinski definition) is 0. The summed E-state index contributed by atoms with van der Waals surface area (Å²) in [7, 11) is 0. The first-order valence-electron chi connectivity index (χ1n) is 6.15. The van der Waals surface area contributed by atoms with Gasteiger partial charge in [-0.25, -0.2) is 0 Å². The minimum Gasteiger partial charge on any atom is -0.380 e.